The summed E-state index contributed by atoms with van der Waals surface area (Å²) in [5.41, 5.74) is 1.61. The molecule has 2 aromatic heterocycles. The molecule has 1 aromatic carbocycles. The van der Waals surface area contributed by atoms with Crippen LogP contribution in [0.4, 0.5) is 10.2 Å². The average molecular weight is 364 g/mol. The van der Waals surface area contributed by atoms with Gasteiger partial charge < -0.3 is 9.64 Å². The van der Waals surface area contributed by atoms with E-state index in [9.17, 15) is 4.39 Å². The predicted molar refractivity (Wildman–Crippen MR) is 102 cm³/mol. The van der Waals surface area contributed by atoms with Crippen LogP contribution in [-0.4, -0.2) is 34.9 Å². The molecule has 0 radical (unpaired) electrons. The van der Waals surface area contributed by atoms with Crippen LogP contribution < -0.4 is 9.64 Å². The first-order chi connectivity index (χ1) is 13.3. The minimum absolute atomic E-state index is 0.252. The molecule has 138 valence electrons. The number of ether oxygens (including phenoxy) is 1. The van der Waals surface area contributed by atoms with Crippen LogP contribution in [0.25, 0.3) is 11.3 Å². The Morgan fingerprint density at radius 2 is 1.78 bits per heavy atom. The number of anilines is 1. The van der Waals surface area contributed by atoms with Gasteiger partial charge in [-0.2, -0.15) is 0 Å². The number of halogens is 1. The molecule has 0 atom stereocenters. The lowest BCUT2D eigenvalue weighted by molar-refractivity contribution is 0.216. The summed E-state index contributed by atoms with van der Waals surface area (Å²) in [4.78, 5) is 6.44. The smallest absolute Gasteiger partial charge is 0.213 e. The third-order valence-corrected chi connectivity index (χ3v) is 4.83. The fourth-order valence-electron chi connectivity index (χ4n) is 3.23. The van der Waals surface area contributed by atoms with Crippen molar-refractivity contribution in [2.45, 2.75) is 12.8 Å². The highest BCUT2D eigenvalue weighted by Gasteiger charge is 2.21. The van der Waals surface area contributed by atoms with Crippen molar-refractivity contribution in [3.63, 3.8) is 0 Å². The Balaban J connectivity index is 1.31. The Morgan fingerprint density at radius 1 is 0.963 bits per heavy atom. The third kappa shape index (κ3) is 4.39. The molecule has 0 N–H and O–H groups in total. The zero-order valence-corrected chi connectivity index (χ0v) is 15.0. The highest BCUT2D eigenvalue weighted by atomic mass is 19.1. The molecule has 0 saturated carbocycles. The van der Waals surface area contributed by atoms with E-state index in [2.05, 4.69) is 20.1 Å². The first kappa shape index (κ1) is 17.4. The second kappa shape index (κ2) is 8.12. The summed E-state index contributed by atoms with van der Waals surface area (Å²) in [7, 11) is 0. The molecule has 4 rings (SSSR count). The maximum absolute atomic E-state index is 13.0. The van der Waals surface area contributed by atoms with E-state index in [-0.39, 0.29) is 5.82 Å². The summed E-state index contributed by atoms with van der Waals surface area (Å²) in [6, 6.07) is 15.9. The van der Waals surface area contributed by atoms with E-state index >= 15 is 0 Å². The topological polar surface area (TPSA) is 51.1 Å². The number of benzene rings is 1. The van der Waals surface area contributed by atoms with Crippen molar-refractivity contribution < 1.29 is 9.13 Å². The number of hydrogen-bond acceptors (Lipinski definition) is 5. The van der Waals surface area contributed by atoms with Gasteiger partial charge in [0.1, 0.15) is 5.82 Å². The normalized spacial score (nSPS) is 14.9. The number of nitrogens with zero attached hydrogens (tertiary/aromatic N) is 4. The predicted octanol–water partition coefficient (Wildman–Crippen LogP) is 3.97. The van der Waals surface area contributed by atoms with Gasteiger partial charge in [-0.15, -0.1) is 10.2 Å². The minimum atomic E-state index is -0.252. The van der Waals surface area contributed by atoms with Crippen molar-refractivity contribution in [1.82, 2.24) is 15.2 Å². The SMILES string of the molecule is Fc1ccc(-c2ccc(N3CCC(COc4ccccn4)CC3)nn2)cc1. The Labute approximate surface area is 157 Å². The Morgan fingerprint density at radius 3 is 2.44 bits per heavy atom. The van der Waals surface area contributed by atoms with Gasteiger partial charge in [-0.25, -0.2) is 9.37 Å². The van der Waals surface area contributed by atoms with Crippen molar-refractivity contribution in [3.8, 4) is 17.1 Å². The molecule has 5 nitrogen and oxygen atoms in total. The number of rotatable bonds is 5. The van der Waals surface area contributed by atoms with Crippen LogP contribution in [0.15, 0.2) is 60.8 Å². The van der Waals surface area contributed by atoms with E-state index in [0.717, 1.165) is 43.0 Å². The van der Waals surface area contributed by atoms with Crippen LogP contribution in [-0.2, 0) is 0 Å². The maximum atomic E-state index is 13.0. The van der Waals surface area contributed by atoms with Crippen LogP contribution in [0.3, 0.4) is 0 Å². The highest BCUT2D eigenvalue weighted by molar-refractivity contribution is 5.59. The summed E-state index contributed by atoms with van der Waals surface area (Å²) in [5.74, 6) is 1.83. The molecule has 6 heteroatoms. The van der Waals surface area contributed by atoms with Gasteiger partial charge in [-0.1, -0.05) is 6.07 Å². The van der Waals surface area contributed by atoms with Crippen molar-refractivity contribution in [2.75, 3.05) is 24.6 Å². The van der Waals surface area contributed by atoms with Crippen LogP contribution >= 0.6 is 0 Å². The van der Waals surface area contributed by atoms with Gasteiger partial charge in [0.25, 0.3) is 0 Å². The van der Waals surface area contributed by atoms with Gasteiger partial charge in [0.2, 0.25) is 5.88 Å². The van der Waals surface area contributed by atoms with Gasteiger partial charge in [0, 0.05) is 30.9 Å². The summed E-state index contributed by atoms with van der Waals surface area (Å²) >= 11 is 0. The zero-order valence-electron chi connectivity index (χ0n) is 15.0. The molecule has 0 unspecified atom stereocenters. The van der Waals surface area contributed by atoms with Crippen molar-refractivity contribution >= 4 is 5.82 Å². The molecule has 3 heterocycles. The zero-order chi connectivity index (χ0) is 18.5. The van der Waals surface area contributed by atoms with E-state index in [4.69, 9.17) is 4.74 Å². The number of pyridine rings is 1. The quantitative estimate of drug-likeness (QED) is 0.686. The van der Waals surface area contributed by atoms with Gasteiger partial charge >= 0.3 is 0 Å². The van der Waals surface area contributed by atoms with E-state index in [0.29, 0.717) is 18.4 Å². The monoisotopic (exact) mass is 364 g/mol. The molecule has 1 fully saturated rings. The standard InChI is InChI=1S/C21H21FN4O/c22-18-6-4-17(5-7-18)19-8-9-20(25-24-19)26-13-10-16(11-14-26)15-27-21-3-1-2-12-23-21/h1-9,12,16H,10-11,13-15H2. The molecule has 0 bridgehead atoms. The largest absolute Gasteiger partial charge is 0.477 e. The van der Waals surface area contributed by atoms with E-state index in [1.165, 1.54) is 12.1 Å². The van der Waals surface area contributed by atoms with E-state index in [1.54, 1.807) is 18.3 Å². The maximum Gasteiger partial charge on any atom is 0.213 e. The second-order valence-corrected chi connectivity index (χ2v) is 6.69. The van der Waals surface area contributed by atoms with Crippen molar-refractivity contribution in [3.05, 3.63) is 66.6 Å². The average Bonchev–Trinajstić information content (AvgIpc) is 2.74. The van der Waals surface area contributed by atoms with Gasteiger partial charge in [-0.05, 0) is 61.2 Å². The van der Waals surface area contributed by atoms with Crippen molar-refractivity contribution in [2.24, 2.45) is 5.92 Å². The molecular weight excluding hydrogens is 343 g/mol. The summed E-state index contributed by atoms with van der Waals surface area (Å²) in [5, 5.41) is 8.66. The fourth-order valence-corrected chi connectivity index (χ4v) is 3.23. The lowest BCUT2D eigenvalue weighted by atomic mass is 9.98. The van der Waals surface area contributed by atoms with Crippen LogP contribution in [0.2, 0.25) is 0 Å². The molecule has 1 aliphatic heterocycles. The molecule has 1 saturated heterocycles. The molecule has 0 aliphatic carbocycles. The van der Waals surface area contributed by atoms with E-state index in [1.807, 2.05) is 30.3 Å². The molecule has 1 aliphatic rings. The van der Waals surface area contributed by atoms with Gasteiger partial charge in [0.15, 0.2) is 5.82 Å². The molecule has 27 heavy (non-hydrogen) atoms. The molecular formula is C21H21FN4O. The Hall–Kier alpha value is -3.02. The second-order valence-electron chi connectivity index (χ2n) is 6.69. The van der Waals surface area contributed by atoms with Crippen LogP contribution in [0.1, 0.15) is 12.8 Å². The number of aromatic nitrogens is 3. The minimum Gasteiger partial charge on any atom is -0.477 e. The fraction of sp³-hybridized carbons (Fsp3) is 0.286. The highest BCUT2D eigenvalue weighted by Crippen LogP contribution is 2.24. The summed E-state index contributed by atoms with van der Waals surface area (Å²) in [6.45, 7) is 2.56. The Bertz CT molecular complexity index is 848. The van der Waals surface area contributed by atoms with Gasteiger partial charge in [0.05, 0.1) is 12.3 Å². The lowest BCUT2D eigenvalue weighted by Crippen LogP contribution is -2.36. The number of hydrogen-bond donors (Lipinski definition) is 0. The Kier molecular flexibility index (Phi) is 5.23. The lowest BCUT2D eigenvalue weighted by Gasteiger charge is -2.32. The van der Waals surface area contributed by atoms with Crippen LogP contribution in [0, 0.1) is 11.7 Å². The van der Waals surface area contributed by atoms with Gasteiger partial charge in [-0.3, -0.25) is 0 Å². The summed E-state index contributed by atoms with van der Waals surface area (Å²) in [6.07, 6.45) is 3.84. The molecule has 0 amide bonds. The van der Waals surface area contributed by atoms with Crippen LogP contribution in [0.5, 0.6) is 5.88 Å². The third-order valence-electron chi connectivity index (χ3n) is 4.83. The van der Waals surface area contributed by atoms with E-state index < -0.39 is 0 Å². The first-order valence-electron chi connectivity index (χ1n) is 9.16. The first-order valence-corrected chi connectivity index (χ1v) is 9.16. The molecule has 3 aromatic rings. The van der Waals surface area contributed by atoms with Crippen molar-refractivity contribution in [1.29, 1.82) is 0 Å². The molecule has 0 spiro atoms. The number of piperidine rings is 1. The summed E-state index contributed by atoms with van der Waals surface area (Å²) < 4.78 is 18.8.